The predicted octanol–water partition coefficient (Wildman–Crippen LogP) is 4.60. The number of rotatable bonds is 3. The van der Waals surface area contributed by atoms with Crippen molar-refractivity contribution in [1.82, 2.24) is 5.32 Å². The molecule has 0 bridgehead atoms. The number of nitrogens with one attached hydrogen (secondary N) is 1. The van der Waals surface area contributed by atoms with Crippen LogP contribution in [0.2, 0.25) is 0 Å². The Labute approximate surface area is 124 Å². The summed E-state index contributed by atoms with van der Waals surface area (Å²) < 4.78 is 0. The Morgan fingerprint density at radius 2 is 1.29 bits per heavy atom. The quantitative estimate of drug-likeness (QED) is 0.564. The van der Waals surface area contributed by atoms with Crippen LogP contribution < -0.4 is 5.32 Å². The fourth-order valence-electron chi connectivity index (χ4n) is 3.05. The third-order valence-corrected chi connectivity index (χ3v) is 4.57. The fourth-order valence-corrected chi connectivity index (χ4v) is 3.05. The summed E-state index contributed by atoms with van der Waals surface area (Å²) in [6, 6.07) is 0. The van der Waals surface area contributed by atoms with Crippen LogP contribution in [0.25, 0.3) is 0 Å². The van der Waals surface area contributed by atoms with Gasteiger partial charge in [-0.05, 0) is 49.6 Å². The molecule has 0 aliphatic heterocycles. The number of hydrogen-bond donors (Lipinski definition) is 1. The van der Waals surface area contributed by atoms with Crippen molar-refractivity contribution in [2.45, 2.75) is 34.1 Å². The van der Waals surface area contributed by atoms with Crippen molar-refractivity contribution in [2.24, 2.45) is 29.6 Å². The Balaban J connectivity index is 0. The topological polar surface area (TPSA) is 12.0 Å². The van der Waals surface area contributed by atoms with Crippen molar-refractivity contribution in [1.29, 1.82) is 0 Å². The zero-order valence-electron chi connectivity index (χ0n) is 11.9. The third kappa shape index (κ3) is 6.23. The maximum absolute atomic E-state index is 4.83. The molecular weight excluding hydrogens is 344 g/mol. The number of halogens is 2. The van der Waals surface area contributed by atoms with E-state index in [1.54, 1.807) is 0 Å². The molecule has 0 radical (unpaired) electrons. The van der Waals surface area contributed by atoms with Crippen LogP contribution in [-0.2, 0) is 15.1 Å². The molecular formula is C13H28Cl2NRh-. The minimum atomic E-state index is -0.226. The van der Waals surface area contributed by atoms with Crippen molar-refractivity contribution < 1.29 is 15.1 Å². The van der Waals surface area contributed by atoms with Gasteiger partial charge in [0.2, 0.25) is 0 Å². The van der Waals surface area contributed by atoms with Gasteiger partial charge in [-0.3, -0.25) is 0 Å². The van der Waals surface area contributed by atoms with E-state index in [0.29, 0.717) is 0 Å². The Kier molecular flexibility index (Phi) is 13.3. The Hall–Kier alpha value is 1.16. The first-order valence-corrected chi connectivity index (χ1v) is 10.2. The summed E-state index contributed by atoms with van der Waals surface area (Å²) in [5.41, 5.74) is 0. The summed E-state index contributed by atoms with van der Waals surface area (Å²) in [4.78, 5) is 0. The molecule has 0 aromatic heterocycles. The van der Waals surface area contributed by atoms with E-state index in [4.69, 9.17) is 19.4 Å². The molecule has 0 saturated heterocycles. The molecule has 109 valence electrons. The third-order valence-electron chi connectivity index (χ3n) is 4.57. The molecule has 1 rings (SSSR count). The van der Waals surface area contributed by atoms with Gasteiger partial charge in [0, 0.05) is 0 Å². The van der Waals surface area contributed by atoms with Crippen molar-refractivity contribution in [3.8, 4) is 0 Å². The monoisotopic (exact) mass is 371 g/mol. The normalized spacial score (nSPS) is 36.1. The van der Waals surface area contributed by atoms with Gasteiger partial charge in [-0.15, -0.1) is 0 Å². The Morgan fingerprint density at radius 1 is 0.941 bits per heavy atom. The van der Waals surface area contributed by atoms with Crippen LogP contribution in [0.3, 0.4) is 0 Å². The first-order chi connectivity index (χ1) is 7.51. The van der Waals surface area contributed by atoms with Gasteiger partial charge in [0.15, 0.2) is 0 Å². The molecule has 17 heavy (non-hydrogen) atoms. The fraction of sp³-hybridized carbons (Fsp3) is 0.923. The molecule has 0 heterocycles. The molecule has 0 aromatic rings. The second kappa shape index (κ2) is 11.0. The van der Waals surface area contributed by atoms with Gasteiger partial charge in [-0.2, -0.15) is 0 Å². The van der Waals surface area contributed by atoms with E-state index in [2.05, 4.69) is 40.1 Å². The first-order valence-electron chi connectivity index (χ1n) is 5.99. The number of hydrogen-bond acceptors (Lipinski definition) is 1. The average Bonchev–Trinajstić information content (AvgIpc) is 2.43. The van der Waals surface area contributed by atoms with E-state index < -0.39 is 0 Å². The van der Waals surface area contributed by atoms with Crippen LogP contribution in [0.1, 0.15) is 34.1 Å². The van der Waals surface area contributed by atoms with Crippen molar-refractivity contribution in [3.63, 3.8) is 0 Å². The molecule has 0 spiro atoms. The van der Waals surface area contributed by atoms with Crippen LogP contribution >= 0.6 is 19.4 Å². The van der Waals surface area contributed by atoms with E-state index in [0.717, 1.165) is 29.6 Å². The summed E-state index contributed by atoms with van der Waals surface area (Å²) in [6.07, 6.45) is 1.35. The van der Waals surface area contributed by atoms with E-state index in [-0.39, 0.29) is 22.6 Å². The van der Waals surface area contributed by atoms with Gasteiger partial charge in [-0.25, -0.2) is 0 Å². The van der Waals surface area contributed by atoms with Gasteiger partial charge in [-0.1, -0.05) is 27.7 Å². The van der Waals surface area contributed by atoms with Crippen LogP contribution in [-0.4, -0.2) is 13.6 Å². The van der Waals surface area contributed by atoms with Crippen LogP contribution in [0, 0.1) is 37.0 Å². The predicted molar refractivity (Wildman–Crippen MR) is 76.8 cm³/mol. The van der Waals surface area contributed by atoms with Crippen LogP contribution in [0.4, 0.5) is 0 Å². The standard InChI is InChI=1S/C12H25N.CH3.2ClH.Rh/c1-8-9(2)11(4)12(10(8)3)6-7-13-5;;;;/h8-13H,6-7H2,1-5H3;1H3;2*1H;/q;-1;;;+2/p-2. The molecule has 1 aliphatic carbocycles. The van der Waals surface area contributed by atoms with E-state index >= 15 is 0 Å². The van der Waals surface area contributed by atoms with Crippen molar-refractivity contribution in [2.75, 3.05) is 13.6 Å². The summed E-state index contributed by atoms with van der Waals surface area (Å²) in [5, 5.41) is 3.27. The second-order valence-corrected chi connectivity index (χ2v) is 7.53. The second-order valence-electron chi connectivity index (χ2n) is 5.04. The molecule has 4 atom stereocenters. The van der Waals surface area contributed by atoms with Crippen molar-refractivity contribution >= 4 is 19.4 Å². The molecule has 1 fully saturated rings. The Bertz CT molecular complexity index is 167. The summed E-state index contributed by atoms with van der Waals surface area (Å²) in [7, 11) is 11.7. The molecule has 4 unspecified atom stereocenters. The summed E-state index contributed by atoms with van der Waals surface area (Å²) >= 11 is -0.226. The van der Waals surface area contributed by atoms with Crippen molar-refractivity contribution in [3.05, 3.63) is 7.43 Å². The average molecular weight is 372 g/mol. The minimum absolute atomic E-state index is 0. The summed E-state index contributed by atoms with van der Waals surface area (Å²) in [6.45, 7) is 10.9. The molecule has 0 aromatic carbocycles. The first kappa shape index (κ1) is 20.5. The van der Waals surface area contributed by atoms with Crippen LogP contribution in [0.15, 0.2) is 0 Å². The van der Waals surface area contributed by atoms with E-state index in [1.807, 2.05) is 0 Å². The van der Waals surface area contributed by atoms with Gasteiger partial charge in [0.05, 0.1) is 0 Å². The van der Waals surface area contributed by atoms with Gasteiger partial charge >= 0.3 is 34.5 Å². The summed E-state index contributed by atoms with van der Waals surface area (Å²) in [5.74, 6) is 4.60. The van der Waals surface area contributed by atoms with E-state index in [1.165, 1.54) is 13.0 Å². The van der Waals surface area contributed by atoms with Gasteiger partial charge in [0.1, 0.15) is 0 Å². The maximum atomic E-state index is 4.83. The molecule has 4 heteroatoms. The van der Waals surface area contributed by atoms with Gasteiger partial charge in [0.25, 0.3) is 0 Å². The SMILES string of the molecule is CNCCC1C(C)C(C)C(C)C1C.[CH3-].[Cl][Rh][Cl]. The van der Waals surface area contributed by atoms with E-state index in [9.17, 15) is 0 Å². The van der Waals surface area contributed by atoms with Crippen LogP contribution in [0.5, 0.6) is 0 Å². The Morgan fingerprint density at radius 3 is 1.59 bits per heavy atom. The molecule has 1 aliphatic rings. The zero-order valence-corrected chi connectivity index (χ0v) is 15.0. The zero-order chi connectivity index (χ0) is 12.7. The molecule has 0 amide bonds. The molecule has 1 saturated carbocycles. The molecule has 1 nitrogen and oxygen atoms in total. The van der Waals surface area contributed by atoms with Gasteiger partial charge < -0.3 is 12.7 Å². The molecule has 1 N–H and O–H groups in total.